The first-order valence-electron chi connectivity index (χ1n) is 11.6. The largest absolute Gasteiger partial charge is 0.489 e. The molecule has 0 radical (unpaired) electrons. The van der Waals surface area contributed by atoms with Gasteiger partial charge in [0.2, 0.25) is 0 Å². The fourth-order valence-electron chi connectivity index (χ4n) is 3.69. The van der Waals surface area contributed by atoms with Crippen LogP contribution in [0.15, 0.2) is 67.3 Å². The van der Waals surface area contributed by atoms with Gasteiger partial charge in [-0.1, -0.05) is 24.5 Å². The van der Waals surface area contributed by atoms with Crippen LogP contribution in [0.4, 0.5) is 43.9 Å². The fraction of sp³-hybridized carbons (Fsp3) is 0.0667. The summed E-state index contributed by atoms with van der Waals surface area (Å²) in [5.41, 5.74) is -4.40. The van der Waals surface area contributed by atoms with Gasteiger partial charge in [0.05, 0.1) is 11.1 Å². The molecule has 0 saturated carbocycles. The van der Waals surface area contributed by atoms with E-state index < -0.39 is 80.6 Å². The first-order chi connectivity index (χ1) is 19.8. The van der Waals surface area contributed by atoms with Gasteiger partial charge in [-0.2, -0.15) is 8.78 Å². The third kappa shape index (κ3) is 6.35. The summed E-state index contributed by atoms with van der Waals surface area (Å²) in [6.07, 6.45) is -3.44. The van der Waals surface area contributed by atoms with Crippen LogP contribution in [0.5, 0.6) is 11.5 Å². The first kappa shape index (κ1) is 30.0. The van der Waals surface area contributed by atoms with Crippen LogP contribution in [0, 0.1) is 58.4 Å². The summed E-state index contributed by atoms with van der Waals surface area (Å²) in [7, 11) is 0. The second-order valence-corrected chi connectivity index (χ2v) is 8.44. The maximum Gasteiger partial charge on any atom is 0.432 e. The molecule has 0 fully saturated rings. The maximum absolute atomic E-state index is 14.8. The van der Waals surface area contributed by atoms with E-state index in [1.807, 2.05) is 0 Å². The van der Waals surface area contributed by atoms with Crippen molar-refractivity contribution in [1.29, 1.82) is 0 Å². The summed E-state index contributed by atoms with van der Waals surface area (Å²) in [4.78, 5) is 0. The predicted octanol–water partition coefficient (Wildman–Crippen LogP) is 8.56. The van der Waals surface area contributed by atoms with Gasteiger partial charge in [0.1, 0.15) is 52.8 Å². The number of alkyl halides is 2. The van der Waals surface area contributed by atoms with E-state index in [0.29, 0.717) is 18.2 Å². The molecule has 0 aliphatic carbocycles. The zero-order chi connectivity index (χ0) is 30.8. The summed E-state index contributed by atoms with van der Waals surface area (Å²) in [6.45, 7) is 3.28. The van der Waals surface area contributed by atoms with Gasteiger partial charge < -0.3 is 9.47 Å². The van der Waals surface area contributed by atoms with E-state index in [0.717, 1.165) is 24.3 Å². The first-order valence-corrected chi connectivity index (χ1v) is 11.6. The smallest absolute Gasteiger partial charge is 0.432 e. The van der Waals surface area contributed by atoms with Crippen LogP contribution >= 0.6 is 0 Å². The van der Waals surface area contributed by atoms with Crippen LogP contribution < -0.4 is 9.47 Å². The van der Waals surface area contributed by atoms with E-state index in [9.17, 15) is 43.9 Å². The lowest BCUT2D eigenvalue weighted by molar-refractivity contribution is -0.189. The maximum atomic E-state index is 14.8. The minimum Gasteiger partial charge on any atom is -0.489 e. The molecule has 0 aliphatic heterocycles. The Kier molecular flexibility index (Phi) is 8.51. The van der Waals surface area contributed by atoms with Crippen molar-refractivity contribution in [2.24, 2.45) is 0 Å². The zero-order valence-electron chi connectivity index (χ0n) is 20.8. The highest BCUT2D eigenvalue weighted by Crippen LogP contribution is 2.38. The average Bonchev–Trinajstić information content (AvgIpc) is 2.88. The molecule has 0 heterocycles. The molecule has 0 aliphatic rings. The monoisotopic (exact) mass is 596 g/mol. The minimum atomic E-state index is -4.74. The molecule has 0 unspecified atom stereocenters. The number of ether oxygens (including phenoxy) is 2. The molecule has 12 heteroatoms. The average molecular weight is 596 g/mol. The van der Waals surface area contributed by atoms with Crippen LogP contribution in [0.1, 0.15) is 16.7 Å². The van der Waals surface area contributed by atoms with Gasteiger partial charge in [0.15, 0.2) is 17.5 Å². The number of benzene rings is 4. The van der Waals surface area contributed by atoms with Gasteiger partial charge in [0, 0.05) is 23.8 Å². The lowest BCUT2D eigenvalue weighted by Crippen LogP contribution is -2.25. The molecule has 4 aromatic carbocycles. The van der Waals surface area contributed by atoms with E-state index in [1.165, 1.54) is 6.08 Å². The Labute approximate surface area is 231 Å². The van der Waals surface area contributed by atoms with Crippen molar-refractivity contribution in [1.82, 2.24) is 0 Å². The van der Waals surface area contributed by atoms with Crippen LogP contribution in [0.25, 0.3) is 11.1 Å². The van der Waals surface area contributed by atoms with Gasteiger partial charge in [-0.15, -0.1) is 0 Å². The van der Waals surface area contributed by atoms with Crippen molar-refractivity contribution >= 4 is 0 Å². The van der Waals surface area contributed by atoms with Crippen LogP contribution in [0.2, 0.25) is 0 Å². The highest BCUT2D eigenvalue weighted by molar-refractivity contribution is 5.67. The Bertz CT molecular complexity index is 1690. The lowest BCUT2D eigenvalue weighted by atomic mass is 10.0. The van der Waals surface area contributed by atoms with E-state index in [4.69, 9.17) is 4.74 Å². The second-order valence-electron chi connectivity index (χ2n) is 8.44. The van der Waals surface area contributed by atoms with Crippen molar-refractivity contribution in [3.63, 3.8) is 0 Å². The van der Waals surface area contributed by atoms with Gasteiger partial charge in [-0.05, 0) is 42.0 Å². The zero-order valence-corrected chi connectivity index (χ0v) is 20.8. The molecule has 42 heavy (non-hydrogen) atoms. The predicted molar refractivity (Wildman–Crippen MR) is 131 cm³/mol. The van der Waals surface area contributed by atoms with E-state index in [2.05, 4.69) is 23.2 Å². The van der Waals surface area contributed by atoms with Crippen molar-refractivity contribution < 1.29 is 53.4 Å². The Morgan fingerprint density at radius 1 is 0.667 bits per heavy atom. The molecule has 216 valence electrons. The summed E-state index contributed by atoms with van der Waals surface area (Å²) in [5.74, 6) is -9.35. The standard InChI is InChI=1S/C30H14F10O2/c1-2-7-41-19-13-21(32)27(22(33)14-19)17-10-23(34)28(24(35)11-17)30(39,40)42-18-6-5-16(20(31)12-18)4-3-15-8-25(36)29(38)26(37)9-15/h2,5-6,8-14H,1,7H2. The molecule has 0 atom stereocenters. The Morgan fingerprint density at radius 3 is 1.79 bits per heavy atom. The highest BCUT2D eigenvalue weighted by Gasteiger charge is 2.41. The molecule has 4 aromatic rings. The highest BCUT2D eigenvalue weighted by atomic mass is 19.3. The summed E-state index contributed by atoms with van der Waals surface area (Å²) < 4.78 is 152. The molecular weight excluding hydrogens is 582 g/mol. The van der Waals surface area contributed by atoms with E-state index in [1.54, 1.807) is 0 Å². The second kappa shape index (κ2) is 11.9. The molecule has 0 N–H and O–H groups in total. The van der Waals surface area contributed by atoms with Gasteiger partial charge >= 0.3 is 6.11 Å². The molecule has 0 aromatic heterocycles. The van der Waals surface area contributed by atoms with Gasteiger partial charge in [0.25, 0.3) is 0 Å². The number of halogens is 10. The summed E-state index contributed by atoms with van der Waals surface area (Å²) in [6, 6.07) is 5.06. The van der Waals surface area contributed by atoms with Crippen LogP contribution in [0.3, 0.4) is 0 Å². The third-order valence-corrected chi connectivity index (χ3v) is 5.52. The fourth-order valence-corrected chi connectivity index (χ4v) is 3.69. The normalized spacial score (nSPS) is 11.1. The van der Waals surface area contributed by atoms with Crippen molar-refractivity contribution in [3.05, 3.63) is 130 Å². The molecule has 2 nitrogen and oxygen atoms in total. The van der Waals surface area contributed by atoms with Crippen molar-refractivity contribution in [2.75, 3.05) is 6.61 Å². The number of hydrogen-bond acceptors (Lipinski definition) is 2. The molecule has 0 saturated heterocycles. The Morgan fingerprint density at radius 2 is 1.24 bits per heavy atom. The number of rotatable bonds is 7. The topological polar surface area (TPSA) is 18.5 Å². The molecular formula is C30H14F10O2. The Hall–Kier alpha value is -4.92. The van der Waals surface area contributed by atoms with E-state index in [-0.39, 0.29) is 30.1 Å². The van der Waals surface area contributed by atoms with E-state index >= 15 is 0 Å². The molecule has 0 bridgehead atoms. The van der Waals surface area contributed by atoms with Gasteiger partial charge in [-0.3, -0.25) is 0 Å². The molecule has 0 spiro atoms. The SMILES string of the molecule is C=CCOc1cc(F)c(-c2cc(F)c(C(F)(F)Oc3ccc(C#Cc4cc(F)c(F)c(F)c4)c(F)c3)c(F)c2)c(F)c1. The van der Waals surface area contributed by atoms with Gasteiger partial charge in [-0.25, -0.2) is 35.1 Å². The number of hydrogen-bond donors (Lipinski definition) is 0. The molecule has 4 rings (SSSR count). The lowest BCUT2D eigenvalue weighted by Gasteiger charge is -2.20. The minimum absolute atomic E-state index is 0.0935. The summed E-state index contributed by atoms with van der Waals surface area (Å²) >= 11 is 0. The van der Waals surface area contributed by atoms with Crippen LogP contribution in [-0.4, -0.2) is 6.61 Å². The van der Waals surface area contributed by atoms with Crippen molar-refractivity contribution in [3.8, 4) is 34.5 Å². The molecule has 0 amide bonds. The Balaban J connectivity index is 1.59. The van der Waals surface area contributed by atoms with Crippen LogP contribution in [-0.2, 0) is 6.11 Å². The third-order valence-electron chi connectivity index (χ3n) is 5.52. The summed E-state index contributed by atoms with van der Waals surface area (Å²) in [5, 5.41) is 0. The van der Waals surface area contributed by atoms with Crippen molar-refractivity contribution in [2.45, 2.75) is 6.11 Å². The quantitative estimate of drug-likeness (QED) is 0.0922.